The van der Waals surface area contributed by atoms with Crippen molar-refractivity contribution in [2.24, 2.45) is 5.92 Å². The van der Waals surface area contributed by atoms with E-state index in [-0.39, 0.29) is 0 Å². The number of aryl methyl sites for hydroxylation is 1. The van der Waals surface area contributed by atoms with Crippen molar-refractivity contribution < 1.29 is 4.79 Å². The van der Waals surface area contributed by atoms with Crippen LogP contribution in [0, 0.1) is 5.92 Å². The smallest absolute Gasteiger partial charge is 0.225 e. The molecule has 1 saturated carbocycles. The Morgan fingerprint density at radius 1 is 1.24 bits per heavy atom. The van der Waals surface area contributed by atoms with Crippen molar-refractivity contribution in [3.63, 3.8) is 0 Å². The van der Waals surface area contributed by atoms with E-state index in [2.05, 4.69) is 26.6 Å². The van der Waals surface area contributed by atoms with Crippen molar-refractivity contribution in [3.8, 4) is 0 Å². The van der Waals surface area contributed by atoms with Gasteiger partial charge in [0.15, 0.2) is 0 Å². The molecule has 0 spiro atoms. The van der Waals surface area contributed by atoms with E-state index in [0.717, 1.165) is 57.6 Å². The van der Waals surface area contributed by atoms with Crippen molar-refractivity contribution >= 4 is 5.91 Å². The minimum Gasteiger partial charge on any atom is -0.342 e. The molecule has 5 heteroatoms. The normalized spacial score (nSPS) is 21.1. The summed E-state index contributed by atoms with van der Waals surface area (Å²) in [7, 11) is 0. The van der Waals surface area contributed by atoms with Gasteiger partial charge in [0, 0.05) is 31.5 Å². The molecule has 1 aromatic heterocycles. The molecule has 5 nitrogen and oxygen atoms in total. The molecule has 0 aromatic carbocycles. The van der Waals surface area contributed by atoms with Crippen molar-refractivity contribution in [1.29, 1.82) is 0 Å². The number of aromatic nitrogens is 3. The molecule has 1 aromatic rings. The van der Waals surface area contributed by atoms with Gasteiger partial charge in [-0.25, -0.2) is 0 Å². The molecule has 1 aliphatic heterocycles. The lowest BCUT2D eigenvalue weighted by molar-refractivity contribution is -0.136. The number of carbonyl (C=O) groups is 1. The lowest BCUT2D eigenvalue weighted by Gasteiger charge is -2.33. The largest absolute Gasteiger partial charge is 0.342 e. The molecule has 21 heavy (non-hydrogen) atoms. The summed E-state index contributed by atoms with van der Waals surface area (Å²) in [5.74, 6) is 2.29. The van der Waals surface area contributed by atoms with Crippen molar-refractivity contribution in [3.05, 3.63) is 12.2 Å². The highest BCUT2D eigenvalue weighted by atomic mass is 16.2. The summed E-state index contributed by atoms with van der Waals surface area (Å²) in [6.45, 7) is 4.94. The first-order valence-corrected chi connectivity index (χ1v) is 8.46. The summed E-state index contributed by atoms with van der Waals surface area (Å²) in [6.07, 6.45) is 9.66. The van der Waals surface area contributed by atoms with Gasteiger partial charge >= 0.3 is 0 Å². The molecular weight excluding hydrogens is 264 g/mol. The third-order valence-corrected chi connectivity index (χ3v) is 4.99. The molecule has 0 unspecified atom stereocenters. The van der Waals surface area contributed by atoms with Gasteiger partial charge in [0.2, 0.25) is 5.91 Å². The molecule has 0 atom stereocenters. The molecule has 1 saturated heterocycles. The number of rotatable bonds is 4. The Morgan fingerprint density at radius 2 is 1.95 bits per heavy atom. The Kier molecular flexibility index (Phi) is 4.56. The Bertz CT molecular complexity index is 470. The van der Waals surface area contributed by atoms with Crippen molar-refractivity contribution in [2.75, 3.05) is 13.1 Å². The third kappa shape index (κ3) is 3.11. The van der Waals surface area contributed by atoms with Gasteiger partial charge in [-0.3, -0.25) is 4.79 Å². The minimum atomic E-state index is 0.310. The van der Waals surface area contributed by atoms with Crippen LogP contribution in [0.2, 0.25) is 0 Å². The molecule has 0 bridgehead atoms. The van der Waals surface area contributed by atoms with E-state index >= 15 is 0 Å². The van der Waals surface area contributed by atoms with E-state index in [1.54, 1.807) is 0 Å². The summed E-state index contributed by atoms with van der Waals surface area (Å²) in [4.78, 5) is 14.5. The van der Waals surface area contributed by atoms with Gasteiger partial charge in [0.1, 0.15) is 12.2 Å². The average molecular weight is 290 g/mol. The molecule has 2 fully saturated rings. The lowest BCUT2D eigenvalue weighted by atomic mass is 9.94. The van der Waals surface area contributed by atoms with Gasteiger partial charge in [0.05, 0.1) is 0 Å². The second-order valence-electron chi connectivity index (χ2n) is 6.46. The Labute approximate surface area is 126 Å². The highest BCUT2D eigenvalue weighted by molar-refractivity contribution is 5.79. The van der Waals surface area contributed by atoms with Crippen LogP contribution in [0.1, 0.15) is 63.6 Å². The average Bonchev–Trinajstić information content (AvgIpc) is 3.19. The summed E-state index contributed by atoms with van der Waals surface area (Å²) in [6, 6.07) is 0. The maximum atomic E-state index is 12.5. The quantitative estimate of drug-likeness (QED) is 0.856. The van der Waals surface area contributed by atoms with E-state index in [0.29, 0.717) is 17.7 Å². The molecular formula is C16H26N4O. The van der Waals surface area contributed by atoms with Crippen LogP contribution in [-0.2, 0) is 11.3 Å². The zero-order valence-electron chi connectivity index (χ0n) is 13.0. The lowest BCUT2D eigenvalue weighted by Crippen LogP contribution is -2.41. The summed E-state index contributed by atoms with van der Waals surface area (Å²) in [5, 5.41) is 8.38. The van der Waals surface area contributed by atoms with E-state index in [4.69, 9.17) is 0 Å². The maximum Gasteiger partial charge on any atom is 0.225 e. The fourth-order valence-electron chi connectivity index (χ4n) is 3.78. The van der Waals surface area contributed by atoms with Crippen LogP contribution in [0.25, 0.3) is 0 Å². The SMILES string of the molecule is CCCn1cnnc1C1CCN(C(=O)C2CCCC2)CC1. The molecule has 0 N–H and O–H groups in total. The molecule has 2 heterocycles. The van der Waals surface area contributed by atoms with Crippen LogP contribution in [0.4, 0.5) is 0 Å². The third-order valence-electron chi connectivity index (χ3n) is 4.99. The number of piperidine rings is 1. The van der Waals surface area contributed by atoms with Crippen molar-refractivity contribution in [2.45, 2.75) is 64.3 Å². The van der Waals surface area contributed by atoms with Crippen LogP contribution < -0.4 is 0 Å². The van der Waals surface area contributed by atoms with Crippen LogP contribution in [0.15, 0.2) is 6.33 Å². The first kappa shape index (κ1) is 14.5. The molecule has 2 aliphatic rings. The number of amides is 1. The van der Waals surface area contributed by atoms with Crippen LogP contribution in [-0.4, -0.2) is 38.7 Å². The van der Waals surface area contributed by atoms with Crippen LogP contribution >= 0.6 is 0 Å². The highest BCUT2D eigenvalue weighted by Gasteiger charge is 2.31. The predicted octanol–water partition coefficient (Wildman–Crippen LogP) is 2.58. The zero-order chi connectivity index (χ0) is 14.7. The van der Waals surface area contributed by atoms with Gasteiger partial charge < -0.3 is 9.47 Å². The number of hydrogen-bond acceptors (Lipinski definition) is 3. The highest BCUT2D eigenvalue weighted by Crippen LogP contribution is 2.31. The Balaban J connectivity index is 1.57. The molecule has 1 amide bonds. The topological polar surface area (TPSA) is 51.0 Å². The first-order valence-electron chi connectivity index (χ1n) is 8.46. The monoisotopic (exact) mass is 290 g/mol. The Morgan fingerprint density at radius 3 is 2.62 bits per heavy atom. The zero-order valence-corrected chi connectivity index (χ0v) is 13.0. The standard InChI is InChI=1S/C16H26N4O/c1-2-9-20-12-17-18-15(20)13-7-10-19(11-8-13)16(21)14-5-3-4-6-14/h12-14H,2-11H2,1H3. The van der Waals surface area contributed by atoms with Crippen LogP contribution in [0.5, 0.6) is 0 Å². The summed E-state index contributed by atoms with van der Waals surface area (Å²) in [5.41, 5.74) is 0. The van der Waals surface area contributed by atoms with Gasteiger partial charge in [-0.2, -0.15) is 0 Å². The van der Waals surface area contributed by atoms with E-state index in [1.807, 2.05) is 6.33 Å². The van der Waals surface area contributed by atoms with E-state index < -0.39 is 0 Å². The molecule has 3 rings (SSSR count). The maximum absolute atomic E-state index is 12.5. The fraction of sp³-hybridized carbons (Fsp3) is 0.812. The molecule has 116 valence electrons. The number of carbonyl (C=O) groups excluding carboxylic acids is 1. The van der Waals surface area contributed by atoms with Gasteiger partial charge in [-0.15, -0.1) is 10.2 Å². The number of hydrogen-bond donors (Lipinski definition) is 0. The summed E-state index contributed by atoms with van der Waals surface area (Å²) >= 11 is 0. The van der Waals surface area contributed by atoms with Gasteiger partial charge in [-0.05, 0) is 32.1 Å². The molecule has 1 aliphatic carbocycles. The summed E-state index contributed by atoms with van der Waals surface area (Å²) < 4.78 is 2.18. The second kappa shape index (κ2) is 6.58. The first-order chi connectivity index (χ1) is 10.3. The predicted molar refractivity (Wildman–Crippen MR) is 80.8 cm³/mol. The van der Waals surface area contributed by atoms with Crippen molar-refractivity contribution in [1.82, 2.24) is 19.7 Å². The van der Waals surface area contributed by atoms with Gasteiger partial charge in [-0.1, -0.05) is 19.8 Å². The minimum absolute atomic E-state index is 0.310. The van der Waals surface area contributed by atoms with E-state index in [9.17, 15) is 4.79 Å². The molecule has 0 radical (unpaired) electrons. The number of nitrogens with zero attached hydrogens (tertiary/aromatic N) is 4. The van der Waals surface area contributed by atoms with Crippen LogP contribution in [0.3, 0.4) is 0 Å². The van der Waals surface area contributed by atoms with E-state index in [1.165, 1.54) is 12.8 Å². The number of likely N-dealkylation sites (tertiary alicyclic amines) is 1. The second-order valence-corrected chi connectivity index (χ2v) is 6.46. The Hall–Kier alpha value is -1.39. The fourth-order valence-corrected chi connectivity index (χ4v) is 3.78. The van der Waals surface area contributed by atoms with Gasteiger partial charge in [0.25, 0.3) is 0 Å².